The van der Waals surface area contributed by atoms with Crippen LogP contribution in [0.1, 0.15) is 46.7 Å². The zero-order valence-corrected chi connectivity index (χ0v) is 24.0. The number of nitrogens with two attached hydrogens (primary N) is 1. The Labute approximate surface area is 251 Å². The summed E-state index contributed by atoms with van der Waals surface area (Å²) >= 11 is 0. The molecule has 3 heterocycles. The van der Waals surface area contributed by atoms with Gasteiger partial charge >= 0.3 is 0 Å². The van der Waals surface area contributed by atoms with E-state index in [2.05, 4.69) is 30.6 Å². The van der Waals surface area contributed by atoms with E-state index in [1.54, 1.807) is 14.0 Å². The van der Waals surface area contributed by atoms with Gasteiger partial charge in [-0.1, -0.05) is 30.3 Å². The normalized spacial score (nSPS) is 11.7. The number of benzene rings is 2. The number of nitriles is 1. The predicted molar refractivity (Wildman–Crippen MR) is 160 cm³/mol. The number of nitrogens with zero attached hydrogens (tertiary/aromatic N) is 6. The van der Waals surface area contributed by atoms with Crippen molar-refractivity contribution in [1.82, 2.24) is 29.8 Å². The number of carbonyl (C=O) groups is 1. The molecule has 5 rings (SSSR count). The van der Waals surface area contributed by atoms with Gasteiger partial charge in [0.2, 0.25) is 0 Å². The van der Waals surface area contributed by atoms with Gasteiger partial charge in [0, 0.05) is 38.6 Å². The average molecular weight is 598 g/mol. The van der Waals surface area contributed by atoms with E-state index in [9.17, 15) is 18.8 Å². The van der Waals surface area contributed by atoms with Crippen molar-refractivity contribution in [3.63, 3.8) is 0 Å². The number of methoxy groups -OCH3 is 1. The number of rotatable bonds is 11. The monoisotopic (exact) mass is 597 g/mol. The van der Waals surface area contributed by atoms with Gasteiger partial charge < -0.3 is 25.7 Å². The first-order valence-corrected chi connectivity index (χ1v) is 13.7. The van der Waals surface area contributed by atoms with Crippen LogP contribution < -0.4 is 16.4 Å². The van der Waals surface area contributed by atoms with Crippen molar-refractivity contribution in [2.45, 2.75) is 32.5 Å². The summed E-state index contributed by atoms with van der Waals surface area (Å²) in [6.45, 7) is 3.25. The van der Waals surface area contributed by atoms with Crippen molar-refractivity contribution in [3.8, 4) is 17.2 Å². The number of aryl methyl sites for hydroxylation is 1. The molecule has 0 saturated heterocycles. The number of nitrogen functional groups attached to an aromatic ring is 1. The Morgan fingerprint density at radius 1 is 1.14 bits per heavy atom. The van der Waals surface area contributed by atoms with E-state index in [1.165, 1.54) is 18.6 Å². The lowest BCUT2D eigenvalue weighted by atomic mass is 10.0. The van der Waals surface area contributed by atoms with Crippen molar-refractivity contribution in [1.29, 1.82) is 5.26 Å². The van der Waals surface area contributed by atoms with Crippen LogP contribution in [0.5, 0.6) is 0 Å². The smallest absolute Gasteiger partial charge is 0.274 e. The summed E-state index contributed by atoms with van der Waals surface area (Å²) < 4.78 is 34.3. The Kier molecular flexibility index (Phi) is 9.01. The van der Waals surface area contributed by atoms with Crippen LogP contribution in [0.4, 0.5) is 20.4 Å². The van der Waals surface area contributed by atoms with Gasteiger partial charge in [-0.25, -0.2) is 28.7 Å². The maximum Gasteiger partial charge on any atom is 0.274 e. The van der Waals surface area contributed by atoms with E-state index in [0.717, 1.165) is 46.3 Å². The van der Waals surface area contributed by atoms with Crippen LogP contribution in [0.15, 0.2) is 61.2 Å². The number of fused-ring (bicyclic) bond motifs is 1. The van der Waals surface area contributed by atoms with Gasteiger partial charge in [0.05, 0.1) is 17.6 Å². The highest BCUT2D eigenvalue weighted by Gasteiger charge is 2.20. The van der Waals surface area contributed by atoms with E-state index in [-0.39, 0.29) is 17.2 Å². The Morgan fingerprint density at radius 3 is 2.66 bits per heavy atom. The summed E-state index contributed by atoms with van der Waals surface area (Å²) in [5.41, 5.74) is 9.92. The minimum atomic E-state index is -1.02. The highest BCUT2D eigenvalue weighted by atomic mass is 19.2. The van der Waals surface area contributed by atoms with Gasteiger partial charge in [-0.2, -0.15) is 5.26 Å². The molecule has 13 heteroatoms. The van der Waals surface area contributed by atoms with Crippen LogP contribution >= 0.6 is 0 Å². The van der Waals surface area contributed by atoms with E-state index >= 15 is 0 Å². The SMILES string of the molecule is COCCCn1cc(-c2ccc(CNc3ncc(C#N)nc3C(=O)N[C@@H](C)c3ccc(F)c(F)c3)cc2)c2c(N)ncnc21. The number of hydrogen-bond acceptors (Lipinski definition) is 9. The molecule has 11 nitrogen and oxygen atoms in total. The molecular formula is C31H29F2N9O2. The number of hydrogen-bond donors (Lipinski definition) is 3. The van der Waals surface area contributed by atoms with Crippen LogP contribution in [0.25, 0.3) is 22.2 Å². The van der Waals surface area contributed by atoms with Gasteiger partial charge in [-0.3, -0.25) is 4.79 Å². The number of nitrogens with one attached hydrogen (secondary N) is 2. The predicted octanol–water partition coefficient (Wildman–Crippen LogP) is 4.76. The molecule has 0 saturated carbocycles. The van der Waals surface area contributed by atoms with Crippen molar-refractivity contribution in [2.24, 2.45) is 0 Å². The minimum absolute atomic E-state index is 0.0461. The second-order valence-electron chi connectivity index (χ2n) is 10.0. The highest BCUT2D eigenvalue weighted by molar-refractivity contribution is 6.00. The second kappa shape index (κ2) is 13.2. The molecule has 2 aromatic carbocycles. The first kappa shape index (κ1) is 30.0. The van der Waals surface area contributed by atoms with Crippen LogP contribution in [0.3, 0.4) is 0 Å². The number of amides is 1. The number of aromatic nitrogens is 5. The maximum absolute atomic E-state index is 13.7. The van der Waals surface area contributed by atoms with Gasteiger partial charge in [0.25, 0.3) is 5.91 Å². The third-order valence-corrected chi connectivity index (χ3v) is 7.05. The largest absolute Gasteiger partial charge is 0.385 e. The fourth-order valence-corrected chi connectivity index (χ4v) is 4.76. The standard InChI is InChI=1S/C31H29F2N9O2/c1-18(21-8-9-24(32)25(33)12-21)40-31(43)27-29(37-15-22(13-34)41-27)36-14-19-4-6-20(7-5-19)23-16-42(10-3-11-44-2)30-26(23)28(35)38-17-39-30/h4-9,12,15-18H,3,10-11,14H2,1-2H3,(H,36,37)(H,40,43)(H2,35,38,39)/t18-/m0/s1. The zero-order valence-electron chi connectivity index (χ0n) is 24.0. The molecule has 0 aliphatic rings. The van der Waals surface area contributed by atoms with E-state index in [1.807, 2.05) is 41.1 Å². The van der Waals surface area contributed by atoms with Crippen molar-refractivity contribution >= 4 is 28.6 Å². The lowest BCUT2D eigenvalue weighted by Crippen LogP contribution is -2.29. The lowest BCUT2D eigenvalue weighted by molar-refractivity contribution is 0.0935. The zero-order chi connectivity index (χ0) is 31.2. The molecule has 1 atom stereocenters. The number of carbonyl (C=O) groups excluding carboxylic acids is 1. The Morgan fingerprint density at radius 2 is 1.93 bits per heavy atom. The number of ether oxygens (including phenoxy) is 1. The topological polar surface area (TPSA) is 157 Å². The summed E-state index contributed by atoms with van der Waals surface area (Å²) in [6, 6.07) is 12.4. The van der Waals surface area contributed by atoms with Crippen molar-refractivity contribution in [3.05, 3.63) is 95.3 Å². The van der Waals surface area contributed by atoms with Crippen LogP contribution in [0.2, 0.25) is 0 Å². The quantitative estimate of drug-likeness (QED) is 0.183. The van der Waals surface area contributed by atoms with Crippen molar-refractivity contribution < 1.29 is 18.3 Å². The number of halogens is 2. The second-order valence-corrected chi connectivity index (χ2v) is 10.0. The molecule has 1 amide bonds. The summed E-state index contributed by atoms with van der Waals surface area (Å²) in [5.74, 6) is -2.08. The molecule has 0 aliphatic carbocycles. The molecule has 44 heavy (non-hydrogen) atoms. The lowest BCUT2D eigenvalue weighted by Gasteiger charge is -2.16. The summed E-state index contributed by atoms with van der Waals surface area (Å²) in [6.07, 6.45) is 5.54. The minimum Gasteiger partial charge on any atom is -0.385 e. The first-order valence-electron chi connectivity index (χ1n) is 13.7. The molecule has 224 valence electrons. The third kappa shape index (κ3) is 6.45. The molecule has 5 aromatic rings. The first-order chi connectivity index (χ1) is 21.3. The molecule has 4 N–H and O–H groups in total. The summed E-state index contributed by atoms with van der Waals surface area (Å²) in [7, 11) is 1.67. The summed E-state index contributed by atoms with van der Waals surface area (Å²) in [5, 5.41) is 15.9. The van der Waals surface area contributed by atoms with Crippen LogP contribution in [0, 0.1) is 23.0 Å². The van der Waals surface area contributed by atoms with E-state index < -0.39 is 23.6 Å². The Hall–Kier alpha value is -5.48. The fraction of sp³-hybridized carbons (Fsp3) is 0.226. The highest BCUT2D eigenvalue weighted by Crippen LogP contribution is 2.33. The molecule has 0 spiro atoms. The van der Waals surface area contributed by atoms with Gasteiger partial charge in [0.1, 0.15) is 23.9 Å². The molecule has 0 fully saturated rings. The molecule has 3 aromatic heterocycles. The number of anilines is 2. The molecule has 0 unspecified atom stereocenters. The van der Waals surface area contributed by atoms with Crippen LogP contribution in [-0.4, -0.2) is 44.1 Å². The van der Waals surface area contributed by atoms with E-state index in [4.69, 9.17) is 10.5 Å². The van der Waals surface area contributed by atoms with Gasteiger partial charge in [-0.05, 0) is 42.2 Å². The van der Waals surface area contributed by atoms with E-state index in [0.29, 0.717) is 31.1 Å². The Bertz CT molecular complexity index is 1850. The molecule has 0 bridgehead atoms. The molecule has 0 radical (unpaired) electrons. The molecule has 0 aliphatic heterocycles. The van der Waals surface area contributed by atoms with Crippen LogP contribution in [-0.2, 0) is 17.8 Å². The maximum atomic E-state index is 13.7. The van der Waals surface area contributed by atoms with Crippen molar-refractivity contribution in [2.75, 3.05) is 24.8 Å². The Balaban J connectivity index is 1.33. The fourth-order valence-electron chi connectivity index (χ4n) is 4.76. The van der Waals surface area contributed by atoms with Gasteiger partial charge in [-0.15, -0.1) is 0 Å². The molecular weight excluding hydrogens is 568 g/mol. The van der Waals surface area contributed by atoms with Gasteiger partial charge in [0.15, 0.2) is 28.8 Å². The average Bonchev–Trinajstić information content (AvgIpc) is 3.41. The summed E-state index contributed by atoms with van der Waals surface area (Å²) in [4.78, 5) is 30.1. The third-order valence-electron chi connectivity index (χ3n) is 7.05.